The van der Waals surface area contributed by atoms with Gasteiger partial charge >= 0.3 is 0 Å². The van der Waals surface area contributed by atoms with E-state index in [0.29, 0.717) is 10.0 Å². The van der Waals surface area contributed by atoms with E-state index in [0.717, 1.165) is 25.7 Å². The van der Waals surface area contributed by atoms with Crippen LogP contribution in [0.15, 0.2) is 0 Å². The van der Waals surface area contributed by atoms with Crippen molar-refractivity contribution < 1.29 is 9.47 Å². The highest BCUT2D eigenvalue weighted by Crippen LogP contribution is 2.30. The van der Waals surface area contributed by atoms with Crippen molar-refractivity contribution in [2.75, 3.05) is 19.8 Å². The topological polar surface area (TPSA) is 18.5 Å². The standard InChI is InChI=1S/C8H13IO2/c9-7-4-10-5-8(7)11-3-6-1-2-6/h6-8H,1-5H2. The summed E-state index contributed by atoms with van der Waals surface area (Å²) >= 11 is 2.41. The van der Waals surface area contributed by atoms with Crippen LogP contribution in [0.25, 0.3) is 0 Å². The van der Waals surface area contributed by atoms with Gasteiger partial charge in [0.15, 0.2) is 0 Å². The van der Waals surface area contributed by atoms with Crippen molar-refractivity contribution in [3.63, 3.8) is 0 Å². The Balaban J connectivity index is 1.67. The summed E-state index contributed by atoms with van der Waals surface area (Å²) in [5, 5.41) is 0. The third-order valence-corrected chi connectivity index (χ3v) is 3.37. The molecule has 1 aliphatic heterocycles. The van der Waals surface area contributed by atoms with Gasteiger partial charge in [-0.1, -0.05) is 22.6 Å². The maximum atomic E-state index is 5.71. The summed E-state index contributed by atoms with van der Waals surface area (Å²) in [6.07, 6.45) is 3.12. The van der Waals surface area contributed by atoms with E-state index in [9.17, 15) is 0 Å². The SMILES string of the molecule is IC1COCC1OCC1CC1. The fourth-order valence-corrected chi connectivity index (χ4v) is 1.87. The van der Waals surface area contributed by atoms with E-state index in [1.807, 2.05) is 0 Å². The van der Waals surface area contributed by atoms with Crippen LogP contribution in [0, 0.1) is 5.92 Å². The van der Waals surface area contributed by atoms with Gasteiger partial charge in [0.1, 0.15) is 0 Å². The highest BCUT2D eigenvalue weighted by Gasteiger charge is 2.29. The van der Waals surface area contributed by atoms with Crippen LogP contribution in [-0.2, 0) is 9.47 Å². The van der Waals surface area contributed by atoms with Gasteiger partial charge in [-0.2, -0.15) is 0 Å². The number of alkyl halides is 1. The van der Waals surface area contributed by atoms with Gasteiger partial charge < -0.3 is 9.47 Å². The molecule has 0 amide bonds. The number of hydrogen-bond donors (Lipinski definition) is 0. The van der Waals surface area contributed by atoms with Gasteiger partial charge in [-0.05, 0) is 18.8 Å². The highest BCUT2D eigenvalue weighted by molar-refractivity contribution is 14.1. The molecule has 1 aliphatic carbocycles. The van der Waals surface area contributed by atoms with Crippen LogP contribution in [0.3, 0.4) is 0 Å². The first-order valence-electron chi connectivity index (χ1n) is 4.19. The van der Waals surface area contributed by atoms with Gasteiger partial charge in [-0.3, -0.25) is 0 Å². The quantitative estimate of drug-likeness (QED) is 0.572. The van der Waals surface area contributed by atoms with Crippen LogP contribution < -0.4 is 0 Å². The van der Waals surface area contributed by atoms with Crippen LogP contribution in [0.2, 0.25) is 0 Å². The van der Waals surface area contributed by atoms with Gasteiger partial charge in [-0.15, -0.1) is 0 Å². The zero-order valence-electron chi connectivity index (χ0n) is 6.46. The zero-order chi connectivity index (χ0) is 7.68. The monoisotopic (exact) mass is 268 g/mol. The molecule has 0 radical (unpaired) electrons. The lowest BCUT2D eigenvalue weighted by molar-refractivity contribution is 0.0394. The lowest BCUT2D eigenvalue weighted by atomic mass is 10.3. The molecular weight excluding hydrogens is 255 g/mol. The summed E-state index contributed by atoms with van der Waals surface area (Å²) in [6, 6.07) is 0. The molecule has 2 atom stereocenters. The summed E-state index contributed by atoms with van der Waals surface area (Å²) in [5.74, 6) is 0.874. The van der Waals surface area contributed by atoms with E-state index in [1.54, 1.807) is 0 Å². The van der Waals surface area contributed by atoms with Crippen LogP contribution in [-0.4, -0.2) is 29.8 Å². The second-order valence-corrected chi connectivity index (χ2v) is 4.97. The maximum absolute atomic E-state index is 5.71. The lowest BCUT2D eigenvalue weighted by Crippen LogP contribution is -2.23. The van der Waals surface area contributed by atoms with Gasteiger partial charge in [0.2, 0.25) is 0 Å². The normalized spacial score (nSPS) is 37.9. The Kier molecular flexibility index (Phi) is 2.69. The van der Waals surface area contributed by atoms with Crippen LogP contribution in [0.4, 0.5) is 0 Å². The number of ether oxygens (including phenoxy) is 2. The summed E-state index contributed by atoms with van der Waals surface area (Å²) < 4.78 is 11.6. The molecule has 2 nitrogen and oxygen atoms in total. The molecule has 1 heterocycles. The fourth-order valence-electron chi connectivity index (χ4n) is 1.21. The van der Waals surface area contributed by atoms with Crippen LogP contribution >= 0.6 is 22.6 Å². The summed E-state index contributed by atoms with van der Waals surface area (Å²) in [5.41, 5.74) is 0. The Hall–Kier alpha value is 0.650. The molecule has 1 saturated heterocycles. The zero-order valence-corrected chi connectivity index (χ0v) is 8.62. The molecule has 0 aromatic carbocycles. The van der Waals surface area contributed by atoms with E-state index >= 15 is 0 Å². The predicted octanol–water partition coefficient (Wildman–Crippen LogP) is 1.62. The summed E-state index contributed by atoms with van der Waals surface area (Å²) in [7, 11) is 0. The second-order valence-electron chi connectivity index (χ2n) is 3.37. The number of halogens is 1. The van der Waals surface area contributed by atoms with E-state index in [-0.39, 0.29) is 0 Å². The first kappa shape index (κ1) is 8.26. The van der Waals surface area contributed by atoms with Gasteiger partial charge in [0.05, 0.1) is 23.2 Å². The second kappa shape index (κ2) is 3.58. The molecule has 3 heteroatoms. The lowest BCUT2D eigenvalue weighted by Gasteiger charge is -2.12. The Labute approximate surface area is 80.8 Å². The Bertz CT molecular complexity index is 136. The molecular formula is C8H13IO2. The molecule has 0 aromatic heterocycles. The molecule has 2 unspecified atom stereocenters. The molecule has 2 aliphatic rings. The molecule has 2 rings (SSSR count). The van der Waals surface area contributed by atoms with E-state index < -0.39 is 0 Å². The van der Waals surface area contributed by atoms with E-state index in [1.165, 1.54) is 12.8 Å². The van der Waals surface area contributed by atoms with Crippen LogP contribution in [0.5, 0.6) is 0 Å². The molecule has 2 fully saturated rings. The van der Waals surface area contributed by atoms with E-state index in [4.69, 9.17) is 9.47 Å². The molecule has 1 saturated carbocycles. The molecule has 0 spiro atoms. The highest BCUT2D eigenvalue weighted by atomic mass is 127. The molecule has 11 heavy (non-hydrogen) atoms. The average Bonchev–Trinajstić information content (AvgIpc) is 2.73. The number of hydrogen-bond acceptors (Lipinski definition) is 2. The predicted molar refractivity (Wildman–Crippen MR) is 51.1 cm³/mol. The smallest absolute Gasteiger partial charge is 0.0948 e. The third kappa shape index (κ3) is 2.29. The average molecular weight is 268 g/mol. The van der Waals surface area contributed by atoms with Crippen molar-refractivity contribution in [3.8, 4) is 0 Å². The van der Waals surface area contributed by atoms with Crippen molar-refractivity contribution in [3.05, 3.63) is 0 Å². The van der Waals surface area contributed by atoms with Crippen molar-refractivity contribution >= 4 is 22.6 Å². The largest absolute Gasteiger partial charge is 0.378 e. The van der Waals surface area contributed by atoms with Crippen molar-refractivity contribution in [1.82, 2.24) is 0 Å². The Morgan fingerprint density at radius 2 is 2.18 bits per heavy atom. The molecule has 0 aromatic rings. The van der Waals surface area contributed by atoms with Gasteiger partial charge in [0.25, 0.3) is 0 Å². The van der Waals surface area contributed by atoms with Crippen molar-refractivity contribution in [2.45, 2.75) is 22.9 Å². The summed E-state index contributed by atoms with van der Waals surface area (Å²) in [6.45, 7) is 2.64. The molecule has 0 bridgehead atoms. The minimum atomic E-state index is 0.371. The van der Waals surface area contributed by atoms with E-state index in [2.05, 4.69) is 22.6 Å². The number of rotatable bonds is 3. The summed E-state index contributed by atoms with van der Waals surface area (Å²) in [4.78, 5) is 0. The van der Waals surface area contributed by atoms with Gasteiger partial charge in [0, 0.05) is 6.61 Å². The minimum absolute atomic E-state index is 0.371. The minimum Gasteiger partial charge on any atom is -0.378 e. The first-order valence-corrected chi connectivity index (χ1v) is 5.44. The fraction of sp³-hybridized carbons (Fsp3) is 1.00. The Morgan fingerprint density at radius 3 is 2.73 bits per heavy atom. The van der Waals surface area contributed by atoms with Crippen molar-refractivity contribution in [1.29, 1.82) is 0 Å². The van der Waals surface area contributed by atoms with Crippen molar-refractivity contribution in [2.24, 2.45) is 5.92 Å². The first-order chi connectivity index (χ1) is 5.36. The molecule has 0 N–H and O–H groups in total. The third-order valence-electron chi connectivity index (χ3n) is 2.21. The maximum Gasteiger partial charge on any atom is 0.0948 e. The molecule has 64 valence electrons. The van der Waals surface area contributed by atoms with Crippen LogP contribution in [0.1, 0.15) is 12.8 Å². The van der Waals surface area contributed by atoms with Gasteiger partial charge in [-0.25, -0.2) is 0 Å². The Morgan fingerprint density at radius 1 is 1.36 bits per heavy atom.